The zero-order valence-electron chi connectivity index (χ0n) is 16.2. The molecular weight excluding hydrogens is 362 g/mol. The highest BCUT2D eigenvalue weighted by Crippen LogP contribution is 2.31. The van der Waals surface area contributed by atoms with E-state index in [1.54, 1.807) is 6.20 Å². The van der Waals surface area contributed by atoms with Crippen LogP contribution in [0.25, 0.3) is 11.4 Å². The molecule has 1 amide bonds. The fourth-order valence-corrected chi connectivity index (χ4v) is 4.26. The van der Waals surface area contributed by atoms with Crippen molar-refractivity contribution in [3.05, 3.63) is 77.9 Å². The lowest BCUT2D eigenvalue weighted by Crippen LogP contribution is -2.40. The van der Waals surface area contributed by atoms with Crippen molar-refractivity contribution in [1.29, 1.82) is 0 Å². The number of aromatic nitrogens is 3. The number of hydrogen-bond acceptors (Lipinski definition) is 5. The van der Waals surface area contributed by atoms with E-state index in [1.807, 2.05) is 59.8 Å². The molecule has 29 heavy (non-hydrogen) atoms. The smallest absolute Gasteiger partial charge is 0.245 e. The minimum Gasteiger partial charge on any atom is -0.331 e. The van der Waals surface area contributed by atoms with Crippen LogP contribution in [-0.4, -0.2) is 43.7 Å². The monoisotopic (exact) mass is 385 g/mol. The maximum atomic E-state index is 13.6. The molecule has 2 aliphatic heterocycles. The predicted octanol–water partition coefficient (Wildman–Crippen LogP) is 3.22. The molecule has 0 radical (unpaired) electrons. The van der Waals surface area contributed by atoms with E-state index in [0.29, 0.717) is 18.9 Å². The van der Waals surface area contributed by atoms with Crippen LogP contribution in [0.5, 0.6) is 0 Å². The van der Waals surface area contributed by atoms with E-state index in [-0.39, 0.29) is 11.9 Å². The molecule has 1 fully saturated rings. The van der Waals surface area contributed by atoms with Crippen molar-refractivity contribution in [2.45, 2.75) is 32.0 Å². The van der Waals surface area contributed by atoms with E-state index in [2.05, 4.69) is 14.9 Å². The Balaban J connectivity index is 1.40. The lowest BCUT2D eigenvalue weighted by molar-refractivity contribution is -0.137. The molecule has 6 heteroatoms. The van der Waals surface area contributed by atoms with Crippen LogP contribution < -0.4 is 0 Å². The van der Waals surface area contributed by atoms with Crippen LogP contribution in [0.15, 0.2) is 61.1 Å². The molecule has 0 aliphatic carbocycles. The van der Waals surface area contributed by atoms with Crippen molar-refractivity contribution in [2.24, 2.45) is 0 Å². The van der Waals surface area contributed by atoms with Gasteiger partial charge >= 0.3 is 0 Å². The van der Waals surface area contributed by atoms with Gasteiger partial charge < -0.3 is 4.90 Å². The predicted molar refractivity (Wildman–Crippen MR) is 110 cm³/mol. The van der Waals surface area contributed by atoms with Gasteiger partial charge in [0.05, 0.1) is 12.2 Å². The summed E-state index contributed by atoms with van der Waals surface area (Å²) < 4.78 is 0. The molecule has 2 aromatic heterocycles. The van der Waals surface area contributed by atoms with Gasteiger partial charge in [-0.05, 0) is 37.6 Å². The van der Waals surface area contributed by atoms with Crippen molar-refractivity contribution in [3.63, 3.8) is 0 Å². The van der Waals surface area contributed by atoms with Crippen molar-refractivity contribution in [1.82, 2.24) is 24.8 Å². The molecule has 2 aliphatic rings. The number of carbonyl (C=O) groups is 1. The second-order valence-corrected chi connectivity index (χ2v) is 7.66. The highest BCUT2D eigenvalue weighted by atomic mass is 16.2. The average Bonchev–Trinajstić information content (AvgIpc) is 3.45. The molecule has 1 aromatic carbocycles. The largest absolute Gasteiger partial charge is 0.331 e. The van der Waals surface area contributed by atoms with Crippen molar-refractivity contribution < 1.29 is 4.79 Å². The number of benzene rings is 1. The summed E-state index contributed by atoms with van der Waals surface area (Å²) in [7, 11) is 0. The molecule has 6 nitrogen and oxygen atoms in total. The summed E-state index contributed by atoms with van der Waals surface area (Å²) in [5, 5.41) is 0. The molecule has 0 bridgehead atoms. The number of likely N-dealkylation sites (tertiary alicyclic amines) is 1. The number of pyridine rings is 1. The Bertz CT molecular complexity index is 1000. The van der Waals surface area contributed by atoms with Gasteiger partial charge in [0.25, 0.3) is 0 Å². The third kappa shape index (κ3) is 3.51. The van der Waals surface area contributed by atoms with Crippen molar-refractivity contribution in [3.8, 4) is 11.4 Å². The second kappa shape index (κ2) is 7.72. The van der Waals surface area contributed by atoms with Gasteiger partial charge in [-0.15, -0.1) is 0 Å². The number of rotatable bonds is 4. The molecule has 5 rings (SSSR count). The summed E-state index contributed by atoms with van der Waals surface area (Å²) in [6, 6.07) is 13.6. The van der Waals surface area contributed by atoms with Crippen LogP contribution in [0.4, 0.5) is 0 Å². The van der Waals surface area contributed by atoms with Gasteiger partial charge in [0.2, 0.25) is 5.91 Å². The summed E-state index contributed by atoms with van der Waals surface area (Å²) in [6.45, 7) is 2.99. The van der Waals surface area contributed by atoms with Gasteiger partial charge in [-0.3, -0.25) is 14.7 Å². The van der Waals surface area contributed by atoms with E-state index in [0.717, 1.165) is 48.3 Å². The van der Waals surface area contributed by atoms with E-state index in [1.165, 1.54) is 0 Å². The van der Waals surface area contributed by atoms with E-state index in [4.69, 9.17) is 4.98 Å². The van der Waals surface area contributed by atoms with E-state index < -0.39 is 0 Å². The molecule has 146 valence electrons. The Morgan fingerprint density at radius 2 is 1.79 bits per heavy atom. The zero-order valence-corrected chi connectivity index (χ0v) is 16.2. The minimum absolute atomic E-state index is 0.124. The summed E-state index contributed by atoms with van der Waals surface area (Å²) >= 11 is 0. The second-order valence-electron chi connectivity index (χ2n) is 7.66. The number of hydrogen-bond donors (Lipinski definition) is 0. The van der Waals surface area contributed by atoms with Crippen LogP contribution in [0.1, 0.15) is 35.7 Å². The SMILES string of the molecule is O=C([C@@H](c1cccnc1)N1CCCC1)N1Cc2cnc(-c3ccccc3)nc2C1. The number of amides is 1. The standard InChI is InChI=1S/C23H23N5O/c29-23(21(27-11-4-5-12-27)18-9-6-10-24-13-18)28-15-19-14-25-22(26-20(19)16-28)17-7-2-1-3-8-17/h1-3,6-10,13-14,21H,4-5,11-12,15-16H2/t21-/m1/s1. The Hall–Kier alpha value is -3.12. The summed E-state index contributed by atoms with van der Waals surface area (Å²) in [6.07, 6.45) is 7.71. The quantitative estimate of drug-likeness (QED) is 0.690. The fraction of sp³-hybridized carbons (Fsp3) is 0.304. The van der Waals surface area contributed by atoms with Gasteiger partial charge in [0, 0.05) is 36.3 Å². The maximum absolute atomic E-state index is 13.6. The van der Waals surface area contributed by atoms with Gasteiger partial charge in [-0.1, -0.05) is 36.4 Å². The molecular formula is C23H23N5O. The molecule has 4 heterocycles. The van der Waals surface area contributed by atoms with Crippen molar-refractivity contribution in [2.75, 3.05) is 13.1 Å². The van der Waals surface area contributed by atoms with Crippen LogP contribution in [0.3, 0.4) is 0 Å². The first-order chi connectivity index (χ1) is 14.3. The first kappa shape index (κ1) is 17.9. The number of carbonyl (C=O) groups excluding carboxylic acids is 1. The fourth-order valence-electron chi connectivity index (χ4n) is 4.26. The van der Waals surface area contributed by atoms with Crippen LogP contribution >= 0.6 is 0 Å². The van der Waals surface area contributed by atoms with Crippen LogP contribution in [0.2, 0.25) is 0 Å². The minimum atomic E-state index is -0.276. The summed E-state index contributed by atoms with van der Waals surface area (Å²) in [4.78, 5) is 31.3. The molecule has 1 saturated heterocycles. The highest BCUT2D eigenvalue weighted by molar-refractivity contribution is 5.83. The summed E-state index contributed by atoms with van der Waals surface area (Å²) in [5.41, 5.74) is 3.93. The first-order valence-electron chi connectivity index (χ1n) is 10.1. The molecule has 0 spiro atoms. The van der Waals surface area contributed by atoms with Gasteiger partial charge in [-0.2, -0.15) is 0 Å². The normalized spacial score (nSPS) is 17.3. The third-order valence-electron chi connectivity index (χ3n) is 5.74. The van der Waals surface area contributed by atoms with Gasteiger partial charge in [-0.25, -0.2) is 9.97 Å². The number of fused-ring (bicyclic) bond motifs is 1. The van der Waals surface area contributed by atoms with Crippen molar-refractivity contribution >= 4 is 5.91 Å². The Labute approximate surface area is 170 Å². The molecule has 0 unspecified atom stereocenters. The van der Waals surface area contributed by atoms with Crippen LogP contribution in [0, 0.1) is 0 Å². The maximum Gasteiger partial charge on any atom is 0.245 e. The molecule has 1 atom stereocenters. The third-order valence-corrected chi connectivity index (χ3v) is 5.74. The van der Waals surface area contributed by atoms with Gasteiger partial charge in [0.15, 0.2) is 5.82 Å². The molecule has 3 aromatic rings. The Kier molecular flexibility index (Phi) is 4.77. The Morgan fingerprint density at radius 3 is 2.55 bits per heavy atom. The van der Waals surface area contributed by atoms with E-state index in [9.17, 15) is 4.79 Å². The zero-order chi connectivity index (χ0) is 19.6. The van der Waals surface area contributed by atoms with Gasteiger partial charge in [0.1, 0.15) is 6.04 Å². The lowest BCUT2D eigenvalue weighted by atomic mass is 10.1. The first-order valence-corrected chi connectivity index (χ1v) is 10.1. The van der Waals surface area contributed by atoms with E-state index >= 15 is 0 Å². The molecule has 0 N–H and O–H groups in total. The average molecular weight is 385 g/mol. The summed E-state index contributed by atoms with van der Waals surface area (Å²) in [5.74, 6) is 0.834. The Morgan fingerprint density at radius 1 is 0.966 bits per heavy atom. The lowest BCUT2D eigenvalue weighted by Gasteiger charge is -2.30. The number of nitrogens with zero attached hydrogens (tertiary/aromatic N) is 5. The highest BCUT2D eigenvalue weighted by Gasteiger charge is 2.35. The van der Waals surface area contributed by atoms with Crippen LogP contribution in [-0.2, 0) is 17.9 Å². The molecule has 0 saturated carbocycles. The topological polar surface area (TPSA) is 62.2 Å².